The molecule has 1 rings (SSSR count). The summed E-state index contributed by atoms with van der Waals surface area (Å²) in [4.78, 5) is 0. The second-order valence-electron chi connectivity index (χ2n) is 2.22. The standard InChI is InChI=1S/C7H7BrO3S/c1-5-2-3-6(8)7(4-5)11-12(9)10/h2-4H,1H3,(H,9,10)/p-1. The molecule has 12 heavy (non-hydrogen) atoms. The van der Waals surface area contributed by atoms with E-state index in [2.05, 4.69) is 20.1 Å². The van der Waals surface area contributed by atoms with Crippen molar-refractivity contribution in [1.29, 1.82) is 0 Å². The molecule has 0 aliphatic carbocycles. The molecule has 3 nitrogen and oxygen atoms in total. The minimum Gasteiger partial charge on any atom is -0.740 e. The lowest BCUT2D eigenvalue weighted by Gasteiger charge is -2.08. The molecule has 0 aliphatic heterocycles. The molecule has 0 aliphatic rings. The Labute approximate surface area is 81.4 Å². The largest absolute Gasteiger partial charge is 0.740 e. The van der Waals surface area contributed by atoms with Crippen molar-refractivity contribution in [1.82, 2.24) is 0 Å². The van der Waals surface area contributed by atoms with Crippen LogP contribution in [0.3, 0.4) is 0 Å². The fourth-order valence-corrected chi connectivity index (χ4v) is 1.47. The highest BCUT2D eigenvalue weighted by atomic mass is 79.9. The van der Waals surface area contributed by atoms with Crippen LogP contribution in [0.25, 0.3) is 0 Å². The first kappa shape index (κ1) is 9.70. The molecule has 1 atom stereocenters. The van der Waals surface area contributed by atoms with Crippen molar-refractivity contribution >= 4 is 27.3 Å². The van der Waals surface area contributed by atoms with Gasteiger partial charge in [0.25, 0.3) is 0 Å². The molecule has 0 saturated heterocycles. The molecular formula is C7H6BrO3S-. The lowest BCUT2D eigenvalue weighted by molar-refractivity contribution is 0.439. The van der Waals surface area contributed by atoms with Gasteiger partial charge in [0.15, 0.2) is 5.75 Å². The lowest BCUT2D eigenvalue weighted by atomic mass is 10.2. The Kier molecular flexibility index (Phi) is 3.25. The molecule has 1 aromatic carbocycles. The van der Waals surface area contributed by atoms with Gasteiger partial charge in [-0.1, -0.05) is 6.07 Å². The zero-order valence-corrected chi connectivity index (χ0v) is 8.65. The van der Waals surface area contributed by atoms with Crippen LogP contribution in [-0.4, -0.2) is 8.76 Å². The highest BCUT2D eigenvalue weighted by Gasteiger charge is 2.00. The number of hydrogen-bond acceptors (Lipinski definition) is 3. The Balaban J connectivity index is 2.97. The number of benzene rings is 1. The van der Waals surface area contributed by atoms with E-state index in [1.165, 1.54) is 0 Å². The van der Waals surface area contributed by atoms with E-state index in [1.54, 1.807) is 12.1 Å². The summed E-state index contributed by atoms with van der Waals surface area (Å²) in [6.45, 7) is 1.85. The van der Waals surface area contributed by atoms with Gasteiger partial charge in [-0.15, -0.1) is 0 Å². The molecule has 0 aromatic heterocycles. The van der Waals surface area contributed by atoms with Crippen molar-refractivity contribution in [3.63, 3.8) is 0 Å². The third kappa shape index (κ3) is 2.58. The zero-order chi connectivity index (χ0) is 9.14. The summed E-state index contributed by atoms with van der Waals surface area (Å²) < 4.78 is 25.5. The van der Waals surface area contributed by atoms with Crippen molar-refractivity contribution < 1.29 is 12.9 Å². The summed E-state index contributed by atoms with van der Waals surface area (Å²) in [6.07, 6.45) is 0. The van der Waals surface area contributed by atoms with E-state index in [0.717, 1.165) is 5.56 Å². The van der Waals surface area contributed by atoms with Crippen molar-refractivity contribution in [2.45, 2.75) is 6.92 Å². The molecule has 1 aromatic rings. The van der Waals surface area contributed by atoms with Crippen molar-refractivity contribution in [2.75, 3.05) is 0 Å². The molecule has 0 heterocycles. The lowest BCUT2D eigenvalue weighted by Crippen LogP contribution is -1.98. The van der Waals surface area contributed by atoms with Crippen LogP contribution in [0.4, 0.5) is 0 Å². The van der Waals surface area contributed by atoms with E-state index in [9.17, 15) is 8.76 Å². The SMILES string of the molecule is Cc1ccc(Br)c(OS(=O)[O-])c1. The van der Waals surface area contributed by atoms with Crippen LogP contribution in [-0.2, 0) is 11.4 Å². The highest BCUT2D eigenvalue weighted by Crippen LogP contribution is 2.25. The van der Waals surface area contributed by atoms with Gasteiger partial charge in [-0.25, -0.2) is 4.21 Å². The van der Waals surface area contributed by atoms with Gasteiger partial charge < -0.3 is 8.74 Å². The first-order chi connectivity index (χ1) is 5.59. The summed E-state index contributed by atoms with van der Waals surface area (Å²) in [5, 5.41) is 0. The number of halogens is 1. The first-order valence-electron chi connectivity index (χ1n) is 3.13. The summed E-state index contributed by atoms with van der Waals surface area (Å²) in [7, 11) is 0. The zero-order valence-electron chi connectivity index (χ0n) is 6.24. The average molecular weight is 250 g/mol. The molecule has 0 N–H and O–H groups in total. The van der Waals surface area contributed by atoms with Crippen molar-refractivity contribution in [2.24, 2.45) is 0 Å². The molecule has 0 amide bonds. The predicted molar refractivity (Wildman–Crippen MR) is 48.4 cm³/mol. The summed E-state index contributed by atoms with van der Waals surface area (Å²) in [5.41, 5.74) is 0.943. The second kappa shape index (κ2) is 4.02. The summed E-state index contributed by atoms with van der Waals surface area (Å²) in [5.74, 6) is 0.309. The molecular weight excluding hydrogens is 244 g/mol. The van der Waals surface area contributed by atoms with Crippen LogP contribution >= 0.6 is 15.9 Å². The van der Waals surface area contributed by atoms with Gasteiger partial charge >= 0.3 is 0 Å². The van der Waals surface area contributed by atoms with Gasteiger partial charge in [0.2, 0.25) is 0 Å². The molecule has 1 unspecified atom stereocenters. The third-order valence-corrected chi connectivity index (χ3v) is 2.22. The maximum Gasteiger partial charge on any atom is 0.153 e. The van der Waals surface area contributed by atoms with E-state index in [-0.39, 0.29) is 0 Å². The molecule has 0 fully saturated rings. The first-order valence-corrected chi connectivity index (χ1v) is 4.92. The Hall–Kier alpha value is -0.390. The third-order valence-electron chi connectivity index (χ3n) is 1.24. The average Bonchev–Trinajstić information content (AvgIpc) is 1.96. The van der Waals surface area contributed by atoms with Gasteiger partial charge in [0, 0.05) is 0 Å². The fourth-order valence-electron chi connectivity index (χ4n) is 0.748. The minimum absolute atomic E-state index is 0.309. The normalized spacial score (nSPS) is 12.6. The molecule has 5 heteroatoms. The monoisotopic (exact) mass is 249 g/mol. The maximum atomic E-state index is 10.2. The number of rotatable bonds is 2. The molecule has 0 radical (unpaired) electrons. The second-order valence-corrected chi connectivity index (χ2v) is 3.65. The Morgan fingerprint density at radius 1 is 1.58 bits per heavy atom. The Morgan fingerprint density at radius 2 is 2.25 bits per heavy atom. The Morgan fingerprint density at radius 3 is 2.83 bits per heavy atom. The van der Waals surface area contributed by atoms with E-state index >= 15 is 0 Å². The summed E-state index contributed by atoms with van der Waals surface area (Å²) in [6, 6.07) is 5.22. The van der Waals surface area contributed by atoms with E-state index < -0.39 is 11.4 Å². The summed E-state index contributed by atoms with van der Waals surface area (Å²) >= 11 is 0.645. The van der Waals surface area contributed by atoms with Crippen LogP contribution in [0, 0.1) is 6.92 Å². The fraction of sp³-hybridized carbons (Fsp3) is 0.143. The van der Waals surface area contributed by atoms with Crippen LogP contribution < -0.4 is 4.18 Å². The maximum absolute atomic E-state index is 10.2. The van der Waals surface area contributed by atoms with Crippen molar-refractivity contribution in [3.8, 4) is 5.75 Å². The van der Waals surface area contributed by atoms with Gasteiger partial charge in [-0.05, 0) is 40.5 Å². The van der Waals surface area contributed by atoms with Crippen LogP contribution in [0.15, 0.2) is 22.7 Å². The highest BCUT2D eigenvalue weighted by molar-refractivity contribution is 9.10. The van der Waals surface area contributed by atoms with Crippen LogP contribution in [0.5, 0.6) is 5.75 Å². The Bertz CT molecular complexity index is 314. The quantitative estimate of drug-likeness (QED) is 0.753. The van der Waals surface area contributed by atoms with E-state index in [1.807, 2.05) is 13.0 Å². The van der Waals surface area contributed by atoms with Crippen LogP contribution in [0.1, 0.15) is 5.56 Å². The smallest absolute Gasteiger partial charge is 0.153 e. The number of hydrogen-bond donors (Lipinski definition) is 0. The molecule has 0 spiro atoms. The van der Waals surface area contributed by atoms with Crippen molar-refractivity contribution in [3.05, 3.63) is 28.2 Å². The topological polar surface area (TPSA) is 49.4 Å². The molecule has 0 bridgehead atoms. The van der Waals surface area contributed by atoms with Gasteiger partial charge in [0.05, 0.1) is 4.47 Å². The molecule has 66 valence electrons. The van der Waals surface area contributed by atoms with Crippen LogP contribution in [0.2, 0.25) is 0 Å². The number of aryl methyl sites for hydroxylation is 1. The van der Waals surface area contributed by atoms with E-state index in [4.69, 9.17) is 0 Å². The van der Waals surface area contributed by atoms with Gasteiger partial charge in [-0.3, -0.25) is 0 Å². The van der Waals surface area contributed by atoms with Gasteiger partial charge in [0.1, 0.15) is 11.4 Å². The predicted octanol–water partition coefficient (Wildman–Crippen LogP) is 1.93. The minimum atomic E-state index is -2.52. The van der Waals surface area contributed by atoms with Gasteiger partial charge in [-0.2, -0.15) is 0 Å². The van der Waals surface area contributed by atoms with E-state index in [0.29, 0.717) is 10.2 Å². The molecule has 0 saturated carbocycles.